The maximum absolute atomic E-state index is 6.50. The van der Waals surface area contributed by atoms with Gasteiger partial charge < -0.3 is 8.98 Å². The van der Waals surface area contributed by atoms with Crippen molar-refractivity contribution >= 4 is 65.3 Å². The number of furan rings is 1. The van der Waals surface area contributed by atoms with Crippen molar-refractivity contribution < 1.29 is 4.42 Å². The SMILES string of the molecule is c1cc(-c2nc(-c3cccc4c3oc3ccccc34)nc(-c3cccc4ccc5ccccc5c34)n2)cc(-n2c3ccccc3c3ccccc32)c1. The predicted octanol–water partition coefficient (Wildman–Crippen LogP) is 12.2. The second-order valence-electron chi connectivity index (χ2n) is 13.2. The molecule has 0 aliphatic rings. The molecule has 0 aliphatic carbocycles. The van der Waals surface area contributed by atoms with Gasteiger partial charge in [-0.15, -0.1) is 0 Å². The normalized spacial score (nSPS) is 11.8. The molecule has 52 heavy (non-hydrogen) atoms. The van der Waals surface area contributed by atoms with Gasteiger partial charge in [-0.25, -0.2) is 15.0 Å². The fraction of sp³-hybridized carbons (Fsp3) is 0. The minimum absolute atomic E-state index is 0.559. The van der Waals surface area contributed by atoms with Crippen LogP contribution in [0.2, 0.25) is 0 Å². The van der Waals surface area contributed by atoms with E-state index in [1.165, 1.54) is 16.2 Å². The minimum atomic E-state index is 0.559. The van der Waals surface area contributed by atoms with E-state index in [-0.39, 0.29) is 0 Å². The number of rotatable bonds is 4. The molecule has 11 rings (SSSR count). The molecule has 0 radical (unpaired) electrons. The molecule has 0 saturated heterocycles. The largest absolute Gasteiger partial charge is 0.455 e. The first-order chi connectivity index (χ1) is 25.8. The molecular formula is C47H28N4O. The van der Waals surface area contributed by atoms with E-state index in [4.69, 9.17) is 19.4 Å². The number of para-hydroxylation sites is 4. The molecular weight excluding hydrogens is 637 g/mol. The molecule has 0 spiro atoms. The molecule has 0 saturated carbocycles. The lowest BCUT2D eigenvalue weighted by molar-refractivity contribution is 0.669. The fourth-order valence-corrected chi connectivity index (χ4v) is 7.90. The Morgan fingerprint density at radius 1 is 0.404 bits per heavy atom. The van der Waals surface area contributed by atoms with Crippen LogP contribution in [0, 0.1) is 0 Å². The van der Waals surface area contributed by atoms with Crippen LogP contribution < -0.4 is 0 Å². The molecule has 3 aromatic heterocycles. The van der Waals surface area contributed by atoms with Gasteiger partial charge in [0.1, 0.15) is 11.2 Å². The standard InChI is InChI=1S/C47H28N4O/c1-2-16-33-29(12-1)26-27-30-13-10-21-38(43(30)33)46-48-45(49-47(50-46)39-22-11-20-37-36-19-5-8-25-42(36)52-44(37)39)31-14-9-15-32(28-31)51-40-23-6-3-17-34(40)35-18-4-7-24-41(35)51/h1-28H. The van der Waals surface area contributed by atoms with Crippen LogP contribution >= 0.6 is 0 Å². The van der Waals surface area contributed by atoms with Crippen molar-refractivity contribution in [2.24, 2.45) is 0 Å². The Bertz CT molecular complexity index is 3150. The molecule has 0 N–H and O–H groups in total. The van der Waals surface area contributed by atoms with Crippen LogP contribution in [0.1, 0.15) is 0 Å². The van der Waals surface area contributed by atoms with Crippen LogP contribution in [-0.2, 0) is 0 Å². The van der Waals surface area contributed by atoms with Gasteiger partial charge >= 0.3 is 0 Å². The molecule has 8 aromatic carbocycles. The van der Waals surface area contributed by atoms with Crippen LogP contribution in [0.3, 0.4) is 0 Å². The van der Waals surface area contributed by atoms with E-state index < -0.39 is 0 Å². The average Bonchev–Trinajstić information content (AvgIpc) is 3.76. The molecule has 3 heterocycles. The maximum Gasteiger partial charge on any atom is 0.167 e. The summed E-state index contributed by atoms with van der Waals surface area (Å²) in [7, 11) is 0. The van der Waals surface area contributed by atoms with E-state index in [0.717, 1.165) is 71.5 Å². The highest BCUT2D eigenvalue weighted by atomic mass is 16.3. The number of nitrogens with zero attached hydrogens (tertiary/aromatic N) is 4. The molecule has 0 unspecified atom stereocenters. The summed E-state index contributed by atoms with van der Waals surface area (Å²) in [4.78, 5) is 15.7. The van der Waals surface area contributed by atoms with E-state index in [2.05, 4.69) is 150 Å². The van der Waals surface area contributed by atoms with Crippen molar-refractivity contribution in [2.75, 3.05) is 0 Å². The van der Waals surface area contributed by atoms with Gasteiger partial charge in [0.15, 0.2) is 17.5 Å². The second kappa shape index (κ2) is 11.2. The van der Waals surface area contributed by atoms with Crippen LogP contribution in [0.15, 0.2) is 174 Å². The van der Waals surface area contributed by atoms with Gasteiger partial charge in [-0.1, -0.05) is 133 Å². The van der Waals surface area contributed by atoms with Crippen LogP contribution in [0.5, 0.6) is 0 Å². The van der Waals surface area contributed by atoms with E-state index in [1.54, 1.807) is 0 Å². The zero-order valence-electron chi connectivity index (χ0n) is 27.9. The smallest absolute Gasteiger partial charge is 0.167 e. The third kappa shape index (κ3) is 4.33. The maximum atomic E-state index is 6.50. The molecule has 0 atom stereocenters. The first-order valence-electron chi connectivity index (χ1n) is 17.5. The molecule has 242 valence electrons. The number of fused-ring (bicyclic) bond motifs is 9. The van der Waals surface area contributed by atoms with E-state index in [0.29, 0.717) is 17.5 Å². The van der Waals surface area contributed by atoms with Gasteiger partial charge in [-0.05, 0) is 52.6 Å². The molecule has 5 nitrogen and oxygen atoms in total. The van der Waals surface area contributed by atoms with E-state index in [9.17, 15) is 0 Å². The Kier molecular flexibility index (Phi) is 6.18. The Morgan fingerprint density at radius 2 is 0.981 bits per heavy atom. The summed E-state index contributed by atoms with van der Waals surface area (Å²) < 4.78 is 8.83. The molecule has 11 aromatic rings. The summed E-state index contributed by atoms with van der Waals surface area (Å²) >= 11 is 0. The van der Waals surface area contributed by atoms with Crippen LogP contribution in [0.4, 0.5) is 0 Å². The monoisotopic (exact) mass is 664 g/mol. The van der Waals surface area contributed by atoms with Gasteiger partial charge in [0.05, 0.1) is 16.6 Å². The fourth-order valence-electron chi connectivity index (χ4n) is 7.90. The van der Waals surface area contributed by atoms with Gasteiger partial charge in [0.2, 0.25) is 0 Å². The topological polar surface area (TPSA) is 56.7 Å². The Labute approximate surface area is 298 Å². The number of aromatic nitrogens is 4. The quantitative estimate of drug-likeness (QED) is 0.176. The molecule has 0 aliphatic heterocycles. The summed E-state index contributed by atoms with van der Waals surface area (Å²) in [5.41, 5.74) is 7.60. The van der Waals surface area contributed by atoms with E-state index >= 15 is 0 Å². The molecule has 0 fully saturated rings. The molecule has 5 heteroatoms. The van der Waals surface area contributed by atoms with E-state index in [1.807, 2.05) is 24.3 Å². The summed E-state index contributed by atoms with van der Waals surface area (Å²) in [6.07, 6.45) is 0. The highest BCUT2D eigenvalue weighted by Gasteiger charge is 2.20. The highest BCUT2D eigenvalue weighted by Crippen LogP contribution is 2.39. The Morgan fingerprint density at radius 3 is 1.81 bits per heavy atom. The number of benzene rings is 8. The summed E-state index contributed by atoms with van der Waals surface area (Å²) in [5, 5.41) is 9.10. The summed E-state index contributed by atoms with van der Waals surface area (Å²) in [6.45, 7) is 0. The zero-order chi connectivity index (χ0) is 34.2. The van der Waals surface area contributed by atoms with Crippen molar-refractivity contribution in [2.45, 2.75) is 0 Å². The first kappa shape index (κ1) is 28.7. The average molecular weight is 665 g/mol. The van der Waals surface area contributed by atoms with Gasteiger partial charge in [0.25, 0.3) is 0 Å². The third-order valence-corrected chi connectivity index (χ3v) is 10.2. The summed E-state index contributed by atoms with van der Waals surface area (Å²) in [5.74, 6) is 1.76. The summed E-state index contributed by atoms with van der Waals surface area (Å²) in [6, 6.07) is 59.2. The van der Waals surface area contributed by atoms with Crippen LogP contribution in [0.25, 0.3) is 105 Å². The lowest BCUT2D eigenvalue weighted by Crippen LogP contribution is -2.02. The third-order valence-electron chi connectivity index (χ3n) is 10.2. The zero-order valence-corrected chi connectivity index (χ0v) is 27.9. The minimum Gasteiger partial charge on any atom is -0.455 e. The Balaban J connectivity index is 1.19. The predicted molar refractivity (Wildman–Crippen MR) is 213 cm³/mol. The lowest BCUT2D eigenvalue weighted by Gasteiger charge is -2.13. The highest BCUT2D eigenvalue weighted by molar-refractivity contribution is 6.14. The van der Waals surface area contributed by atoms with Crippen molar-refractivity contribution in [1.82, 2.24) is 19.5 Å². The molecule has 0 bridgehead atoms. The van der Waals surface area contributed by atoms with Crippen molar-refractivity contribution in [3.63, 3.8) is 0 Å². The van der Waals surface area contributed by atoms with Crippen molar-refractivity contribution in [3.05, 3.63) is 170 Å². The second-order valence-corrected chi connectivity index (χ2v) is 13.2. The van der Waals surface area contributed by atoms with Crippen molar-refractivity contribution in [1.29, 1.82) is 0 Å². The van der Waals surface area contributed by atoms with Gasteiger partial charge in [-0.3, -0.25) is 0 Å². The van der Waals surface area contributed by atoms with Gasteiger partial charge in [0, 0.05) is 43.7 Å². The molecule has 0 amide bonds. The number of hydrogen-bond acceptors (Lipinski definition) is 4. The Hall–Kier alpha value is -7.11. The van der Waals surface area contributed by atoms with Crippen molar-refractivity contribution in [3.8, 4) is 39.9 Å². The van der Waals surface area contributed by atoms with Gasteiger partial charge in [-0.2, -0.15) is 0 Å². The lowest BCUT2D eigenvalue weighted by atomic mass is 9.97. The van der Waals surface area contributed by atoms with Crippen LogP contribution in [-0.4, -0.2) is 19.5 Å². The number of hydrogen-bond donors (Lipinski definition) is 0. The first-order valence-corrected chi connectivity index (χ1v) is 17.5.